The van der Waals surface area contributed by atoms with E-state index in [2.05, 4.69) is 12.2 Å². The van der Waals surface area contributed by atoms with Gasteiger partial charge in [-0.05, 0) is 77.5 Å². The van der Waals surface area contributed by atoms with Gasteiger partial charge in [-0.25, -0.2) is 4.39 Å². The highest BCUT2D eigenvalue weighted by Gasteiger charge is 2.12. The molecule has 4 rings (SSSR count). The highest BCUT2D eigenvalue weighted by molar-refractivity contribution is 7.99. The molecule has 0 saturated carbocycles. The summed E-state index contributed by atoms with van der Waals surface area (Å²) in [5.74, 6) is 1.71. The third-order valence-corrected chi connectivity index (χ3v) is 6.21. The van der Waals surface area contributed by atoms with Gasteiger partial charge in [0.05, 0.1) is 6.42 Å². The predicted octanol–water partition coefficient (Wildman–Crippen LogP) is 8.23. The van der Waals surface area contributed by atoms with E-state index in [4.69, 9.17) is 16.3 Å². The van der Waals surface area contributed by atoms with E-state index >= 15 is 0 Å². The molecule has 0 aliphatic heterocycles. The van der Waals surface area contributed by atoms with Crippen molar-refractivity contribution in [1.82, 2.24) is 0 Å². The van der Waals surface area contributed by atoms with E-state index in [9.17, 15) is 9.18 Å². The fraction of sp³-hybridized carbons (Fsp3) is 0.107. The molecule has 6 heteroatoms. The molecule has 0 fully saturated rings. The van der Waals surface area contributed by atoms with Crippen molar-refractivity contribution < 1.29 is 13.9 Å². The molecule has 4 aromatic rings. The van der Waals surface area contributed by atoms with Crippen LogP contribution in [0.1, 0.15) is 12.5 Å². The van der Waals surface area contributed by atoms with Crippen LogP contribution in [-0.2, 0) is 11.2 Å². The quantitative estimate of drug-likeness (QED) is 0.252. The molecule has 172 valence electrons. The number of carbonyl (C=O) groups is 1. The number of ether oxygens (including phenoxy) is 1. The standard InChI is InChI=1S/C28H23ClFNO2S/c1-2-34-25-14-3-19(4-15-25)17-28(32)31-23-11-16-26(20-5-9-22(30)10-6-20)27(18-23)33-24-12-7-21(29)8-13-24/h3-16,18H,2,17H2,1H3,(H,31,32). The Morgan fingerprint density at radius 2 is 1.65 bits per heavy atom. The lowest BCUT2D eigenvalue weighted by Crippen LogP contribution is -2.14. The van der Waals surface area contributed by atoms with Crippen LogP contribution >= 0.6 is 23.4 Å². The average molecular weight is 492 g/mol. The van der Waals surface area contributed by atoms with Gasteiger partial charge < -0.3 is 10.1 Å². The van der Waals surface area contributed by atoms with Gasteiger partial charge in [0.15, 0.2) is 0 Å². The highest BCUT2D eigenvalue weighted by atomic mass is 35.5. The second kappa shape index (κ2) is 11.2. The summed E-state index contributed by atoms with van der Waals surface area (Å²) in [7, 11) is 0. The van der Waals surface area contributed by atoms with Crippen molar-refractivity contribution in [2.75, 3.05) is 11.1 Å². The lowest BCUT2D eigenvalue weighted by atomic mass is 10.0. The molecule has 0 heterocycles. The third-order valence-electron chi connectivity index (χ3n) is 5.06. The Morgan fingerprint density at radius 1 is 0.941 bits per heavy atom. The van der Waals surface area contributed by atoms with Crippen LogP contribution in [0.2, 0.25) is 5.02 Å². The zero-order valence-corrected chi connectivity index (χ0v) is 20.1. The molecule has 0 aliphatic carbocycles. The van der Waals surface area contributed by atoms with Gasteiger partial charge in [-0.3, -0.25) is 4.79 Å². The molecule has 0 aliphatic rings. The van der Waals surface area contributed by atoms with Gasteiger partial charge in [0.1, 0.15) is 17.3 Å². The van der Waals surface area contributed by atoms with E-state index in [1.54, 1.807) is 54.2 Å². The van der Waals surface area contributed by atoms with Crippen molar-refractivity contribution in [2.24, 2.45) is 0 Å². The van der Waals surface area contributed by atoms with Gasteiger partial charge >= 0.3 is 0 Å². The monoisotopic (exact) mass is 491 g/mol. The Labute approximate surface area is 207 Å². The van der Waals surface area contributed by atoms with Gasteiger partial charge in [0.25, 0.3) is 0 Å². The third kappa shape index (κ3) is 6.40. The Balaban J connectivity index is 1.55. The van der Waals surface area contributed by atoms with Crippen LogP contribution in [0.5, 0.6) is 11.5 Å². The van der Waals surface area contributed by atoms with Crippen LogP contribution in [0.25, 0.3) is 11.1 Å². The summed E-state index contributed by atoms with van der Waals surface area (Å²) in [4.78, 5) is 13.9. The molecule has 0 atom stereocenters. The number of anilines is 1. The van der Waals surface area contributed by atoms with Crippen LogP contribution in [0, 0.1) is 5.82 Å². The smallest absolute Gasteiger partial charge is 0.228 e. The Hall–Kier alpha value is -3.28. The van der Waals surface area contributed by atoms with E-state index in [1.165, 1.54) is 17.0 Å². The second-order valence-corrected chi connectivity index (χ2v) is 9.35. The molecule has 3 nitrogen and oxygen atoms in total. The van der Waals surface area contributed by atoms with Gasteiger partial charge in [-0.1, -0.05) is 42.8 Å². The molecule has 0 aromatic heterocycles. The average Bonchev–Trinajstić information content (AvgIpc) is 2.83. The van der Waals surface area contributed by atoms with Crippen LogP contribution in [0.4, 0.5) is 10.1 Å². The van der Waals surface area contributed by atoms with Crippen molar-refractivity contribution in [3.63, 3.8) is 0 Å². The summed E-state index contributed by atoms with van der Waals surface area (Å²) in [6, 6.07) is 26.7. The van der Waals surface area contributed by atoms with Crippen molar-refractivity contribution >= 4 is 35.0 Å². The molecular formula is C28H23ClFNO2S. The van der Waals surface area contributed by atoms with Gasteiger partial charge in [0.2, 0.25) is 5.91 Å². The lowest BCUT2D eigenvalue weighted by Gasteiger charge is -2.14. The van der Waals surface area contributed by atoms with Crippen LogP contribution in [0.15, 0.2) is 95.9 Å². The zero-order valence-electron chi connectivity index (χ0n) is 18.6. The number of benzene rings is 4. The first-order valence-electron chi connectivity index (χ1n) is 10.8. The lowest BCUT2D eigenvalue weighted by molar-refractivity contribution is -0.115. The van der Waals surface area contributed by atoms with Crippen molar-refractivity contribution in [1.29, 1.82) is 0 Å². The minimum absolute atomic E-state index is 0.122. The fourth-order valence-electron chi connectivity index (χ4n) is 3.44. The number of thioether (sulfide) groups is 1. The summed E-state index contributed by atoms with van der Waals surface area (Å²) in [6.07, 6.45) is 0.268. The Bertz CT molecular complexity index is 1260. The first kappa shape index (κ1) is 23.9. The van der Waals surface area contributed by atoms with Crippen molar-refractivity contribution in [3.8, 4) is 22.6 Å². The molecule has 1 amide bonds. The highest BCUT2D eigenvalue weighted by Crippen LogP contribution is 2.36. The van der Waals surface area contributed by atoms with Crippen molar-refractivity contribution in [2.45, 2.75) is 18.2 Å². The first-order valence-corrected chi connectivity index (χ1v) is 12.2. The maximum Gasteiger partial charge on any atom is 0.228 e. The first-order chi connectivity index (χ1) is 16.5. The van der Waals surface area contributed by atoms with E-state index in [0.717, 1.165) is 22.4 Å². The van der Waals surface area contributed by atoms with E-state index < -0.39 is 0 Å². The minimum Gasteiger partial charge on any atom is -0.457 e. The maximum atomic E-state index is 13.4. The number of halogens is 2. The number of carbonyl (C=O) groups excluding carboxylic acids is 1. The summed E-state index contributed by atoms with van der Waals surface area (Å²) in [5.41, 5.74) is 3.13. The summed E-state index contributed by atoms with van der Waals surface area (Å²) in [5, 5.41) is 3.55. The molecule has 4 aromatic carbocycles. The summed E-state index contributed by atoms with van der Waals surface area (Å²) in [6.45, 7) is 2.11. The molecule has 34 heavy (non-hydrogen) atoms. The second-order valence-electron chi connectivity index (χ2n) is 7.58. The largest absolute Gasteiger partial charge is 0.457 e. The fourth-order valence-corrected chi connectivity index (χ4v) is 4.23. The Kier molecular flexibility index (Phi) is 7.88. The van der Waals surface area contributed by atoms with Crippen LogP contribution in [-0.4, -0.2) is 11.7 Å². The minimum atomic E-state index is -0.311. The zero-order chi connectivity index (χ0) is 23.9. The predicted molar refractivity (Wildman–Crippen MR) is 139 cm³/mol. The number of amides is 1. The molecule has 0 unspecified atom stereocenters. The number of hydrogen-bond acceptors (Lipinski definition) is 3. The molecular weight excluding hydrogens is 469 g/mol. The van der Waals surface area contributed by atoms with Gasteiger partial charge in [-0.2, -0.15) is 0 Å². The van der Waals surface area contributed by atoms with E-state index in [0.29, 0.717) is 22.2 Å². The molecule has 0 radical (unpaired) electrons. The van der Waals surface area contributed by atoms with E-state index in [1.807, 2.05) is 36.4 Å². The summed E-state index contributed by atoms with van der Waals surface area (Å²) >= 11 is 7.76. The SMILES string of the molecule is CCSc1ccc(CC(=O)Nc2ccc(-c3ccc(F)cc3)c(Oc3ccc(Cl)cc3)c2)cc1. The topological polar surface area (TPSA) is 38.3 Å². The van der Waals surface area contributed by atoms with Crippen LogP contribution in [0.3, 0.4) is 0 Å². The maximum absolute atomic E-state index is 13.4. The molecule has 0 spiro atoms. The molecule has 0 bridgehead atoms. The molecule has 1 N–H and O–H groups in total. The van der Waals surface area contributed by atoms with Crippen molar-refractivity contribution in [3.05, 3.63) is 107 Å². The number of rotatable bonds is 8. The molecule has 0 saturated heterocycles. The van der Waals surface area contributed by atoms with E-state index in [-0.39, 0.29) is 18.1 Å². The number of hydrogen-bond donors (Lipinski definition) is 1. The summed E-state index contributed by atoms with van der Waals surface area (Å²) < 4.78 is 19.6. The number of nitrogens with one attached hydrogen (secondary N) is 1. The Morgan fingerprint density at radius 3 is 2.32 bits per heavy atom. The van der Waals surface area contributed by atoms with Gasteiger partial charge in [0, 0.05) is 27.2 Å². The normalized spacial score (nSPS) is 10.7. The van der Waals surface area contributed by atoms with Crippen LogP contribution < -0.4 is 10.1 Å². The van der Waals surface area contributed by atoms with Gasteiger partial charge in [-0.15, -0.1) is 11.8 Å².